The van der Waals surface area contributed by atoms with Crippen LogP contribution in [0.2, 0.25) is 0 Å². The molecule has 0 aromatic heterocycles. The summed E-state index contributed by atoms with van der Waals surface area (Å²) >= 11 is 0. The minimum absolute atomic E-state index is 0.159. The zero-order valence-electron chi connectivity index (χ0n) is 19.4. The minimum Gasteiger partial charge on any atom is -0.404 e. The van der Waals surface area contributed by atoms with Gasteiger partial charge in [0, 0.05) is 0 Å². The lowest BCUT2D eigenvalue weighted by Crippen LogP contribution is -2.01. The van der Waals surface area contributed by atoms with Crippen molar-refractivity contribution < 1.29 is 37.0 Å². The maximum absolute atomic E-state index is 12.3. The van der Waals surface area contributed by atoms with Crippen LogP contribution in [0.4, 0.5) is 0 Å². The first-order valence-corrected chi connectivity index (χ1v) is 13.5. The van der Waals surface area contributed by atoms with Crippen LogP contribution in [0.5, 0.6) is 11.5 Å². The molecule has 3 aromatic rings. The summed E-state index contributed by atoms with van der Waals surface area (Å²) in [5.74, 6) is 0.556. The fraction of sp³-hybridized carbons (Fsp3) is 0.250. The van der Waals surface area contributed by atoms with E-state index in [0.717, 1.165) is 22.3 Å². The van der Waals surface area contributed by atoms with Crippen molar-refractivity contribution in [2.45, 2.75) is 40.9 Å². The van der Waals surface area contributed by atoms with Gasteiger partial charge >= 0.3 is 15.6 Å². The van der Waals surface area contributed by atoms with Crippen LogP contribution in [-0.4, -0.2) is 9.79 Å². The number of aryl methyl sites for hydroxylation is 4. The summed E-state index contributed by atoms with van der Waals surface area (Å²) in [5.41, 5.74) is 4.70. The van der Waals surface area contributed by atoms with Gasteiger partial charge in [0.25, 0.3) is 0 Å². The summed E-state index contributed by atoms with van der Waals surface area (Å²) in [7, 11) is -8.64. The van der Waals surface area contributed by atoms with Gasteiger partial charge in [-0.15, -0.1) is 0 Å². The molecule has 0 bridgehead atoms. The average Bonchev–Trinajstić information content (AvgIpc) is 2.76. The molecule has 0 amide bonds. The van der Waals surface area contributed by atoms with E-state index in [1.54, 1.807) is 62.4 Å². The van der Waals surface area contributed by atoms with Crippen molar-refractivity contribution in [1.29, 1.82) is 0 Å². The van der Waals surface area contributed by atoms with Crippen molar-refractivity contribution >= 4 is 15.6 Å². The van der Waals surface area contributed by atoms with E-state index in [0.29, 0.717) is 11.1 Å². The molecule has 8 nitrogen and oxygen atoms in total. The van der Waals surface area contributed by atoms with Gasteiger partial charge in [-0.2, -0.15) is 0 Å². The highest BCUT2D eigenvalue weighted by atomic mass is 31.2. The Hall–Kier alpha value is -2.44. The van der Waals surface area contributed by atoms with E-state index >= 15 is 0 Å². The molecule has 34 heavy (non-hydrogen) atoms. The molecule has 2 atom stereocenters. The molecule has 0 aliphatic rings. The van der Waals surface area contributed by atoms with Gasteiger partial charge < -0.3 is 9.05 Å². The standard InChI is InChI=1S/C24H28O8P2/c1-17-5-11-23(19(3)13-17)31-33(25,26)29-15-21-7-9-22(10-8-21)16-30-34(27,28)32-24-12-6-18(2)14-20(24)4/h5-14H,15-16H2,1-4H3,(H,25,26)(H,27,28). The molecule has 0 fully saturated rings. The monoisotopic (exact) mass is 506 g/mol. The first kappa shape index (κ1) is 26.2. The molecule has 0 heterocycles. The van der Waals surface area contributed by atoms with Crippen LogP contribution < -0.4 is 9.05 Å². The van der Waals surface area contributed by atoms with Gasteiger partial charge in [-0.3, -0.25) is 18.8 Å². The zero-order chi connectivity index (χ0) is 24.9. The molecule has 0 radical (unpaired) electrons. The van der Waals surface area contributed by atoms with Gasteiger partial charge in [0.1, 0.15) is 11.5 Å². The third kappa shape index (κ3) is 7.81. The van der Waals surface area contributed by atoms with Crippen LogP contribution in [0.1, 0.15) is 33.4 Å². The molecular formula is C24H28O8P2. The van der Waals surface area contributed by atoms with Gasteiger partial charge in [0.05, 0.1) is 13.2 Å². The number of phosphoric acid groups is 2. The quantitative estimate of drug-likeness (QED) is 0.308. The number of rotatable bonds is 10. The van der Waals surface area contributed by atoms with E-state index < -0.39 is 15.6 Å². The topological polar surface area (TPSA) is 112 Å². The van der Waals surface area contributed by atoms with Gasteiger partial charge in [-0.05, 0) is 62.1 Å². The van der Waals surface area contributed by atoms with E-state index in [-0.39, 0.29) is 24.7 Å². The van der Waals surface area contributed by atoms with Crippen molar-refractivity contribution in [3.63, 3.8) is 0 Å². The second-order valence-corrected chi connectivity index (χ2v) is 10.8. The highest BCUT2D eigenvalue weighted by Crippen LogP contribution is 2.46. The third-order valence-corrected chi connectivity index (χ3v) is 6.67. The average molecular weight is 506 g/mol. The van der Waals surface area contributed by atoms with Crippen molar-refractivity contribution in [2.24, 2.45) is 0 Å². The molecule has 0 spiro atoms. The van der Waals surface area contributed by atoms with Gasteiger partial charge in [0.2, 0.25) is 0 Å². The third-order valence-electron chi connectivity index (χ3n) is 4.90. The Labute approximate surface area is 199 Å². The van der Waals surface area contributed by atoms with Crippen molar-refractivity contribution in [3.8, 4) is 11.5 Å². The minimum atomic E-state index is -4.32. The fourth-order valence-corrected chi connectivity index (χ4v) is 4.79. The predicted molar refractivity (Wildman–Crippen MR) is 129 cm³/mol. The predicted octanol–water partition coefficient (Wildman–Crippen LogP) is 6.31. The molecule has 0 aliphatic heterocycles. The summed E-state index contributed by atoms with van der Waals surface area (Å²) in [5, 5.41) is 0. The molecule has 2 N–H and O–H groups in total. The first-order valence-electron chi connectivity index (χ1n) is 10.5. The Balaban J connectivity index is 1.52. The first-order chi connectivity index (χ1) is 15.9. The van der Waals surface area contributed by atoms with Gasteiger partial charge in [0.15, 0.2) is 0 Å². The molecule has 3 aromatic carbocycles. The van der Waals surface area contributed by atoms with Crippen molar-refractivity contribution in [3.05, 3.63) is 94.0 Å². The van der Waals surface area contributed by atoms with Crippen LogP contribution >= 0.6 is 15.6 Å². The van der Waals surface area contributed by atoms with Crippen LogP contribution in [0, 0.1) is 27.7 Å². The summed E-state index contributed by atoms with van der Waals surface area (Å²) in [6.07, 6.45) is 0. The lowest BCUT2D eigenvalue weighted by molar-refractivity contribution is 0.192. The lowest BCUT2D eigenvalue weighted by Gasteiger charge is -2.16. The largest absolute Gasteiger partial charge is 0.527 e. The van der Waals surface area contributed by atoms with Gasteiger partial charge in [-0.25, -0.2) is 9.13 Å². The highest BCUT2D eigenvalue weighted by molar-refractivity contribution is 7.48. The Bertz CT molecular complexity index is 1140. The van der Waals surface area contributed by atoms with Crippen LogP contribution in [0.25, 0.3) is 0 Å². The molecule has 182 valence electrons. The highest BCUT2D eigenvalue weighted by Gasteiger charge is 2.25. The van der Waals surface area contributed by atoms with E-state index in [4.69, 9.17) is 18.1 Å². The molecule has 0 aliphatic carbocycles. The van der Waals surface area contributed by atoms with Crippen molar-refractivity contribution in [2.75, 3.05) is 0 Å². The maximum atomic E-state index is 12.3. The number of hydrogen-bond donors (Lipinski definition) is 2. The smallest absolute Gasteiger partial charge is 0.404 e. The van der Waals surface area contributed by atoms with Gasteiger partial charge in [-0.1, -0.05) is 59.7 Å². The van der Waals surface area contributed by atoms with E-state index in [1.165, 1.54) is 0 Å². The zero-order valence-corrected chi connectivity index (χ0v) is 21.2. The molecule has 3 rings (SSSR count). The van der Waals surface area contributed by atoms with Crippen LogP contribution in [-0.2, 0) is 31.4 Å². The Morgan fingerprint density at radius 2 is 0.971 bits per heavy atom. The van der Waals surface area contributed by atoms with E-state index in [2.05, 4.69) is 0 Å². The Morgan fingerprint density at radius 1 is 0.618 bits per heavy atom. The maximum Gasteiger partial charge on any atom is 0.527 e. The van der Waals surface area contributed by atoms with Crippen molar-refractivity contribution in [1.82, 2.24) is 0 Å². The van der Waals surface area contributed by atoms with Crippen LogP contribution in [0.15, 0.2) is 60.7 Å². The Morgan fingerprint density at radius 3 is 1.29 bits per heavy atom. The molecule has 0 saturated heterocycles. The fourth-order valence-electron chi connectivity index (χ4n) is 3.15. The second-order valence-electron chi connectivity index (χ2n) is 8.02. The number of phosphoric ester groups is 2. The van der Waals surface area contributed by atoms with E-state index in [1.807, 2.05) is 26.0 Å². The summed E-state index contributed by atoms with van der Waals surface area (Å²) in [6, 6.07) is 17.1. The molecular weight excluding hydrogens is 478 g/mol. The van der Waals surface area contributed by atoms with E-state index in [9.17, 15) is 18.9 Å². The molecule has 2 unspecified atom stereocenters. The van der Waals surface area contributed by atoms with Crippen LogP contribution in [0.3, 0.4) is 0 Å². The Kier molecular flexibility index (Phi) is 8.37. The normalized spacial score (nSPS) is 14.8. The molecule has 0 saturated carbocycles. The summed E-state index contributed by atoms with van der Waals surface area (Å²) in [4.78, 5) is 20.1. The summed E-state index contributed by atoms with van der Waals surface area (Å²) < 4.78 is 45.1. The number of benzene rings is 3. The second kappa shape index (κ2) is 10.9. The number of hydrogen-bond acceptors (Lipinski definition) is 6. The summed E-state index contributed by atoms with van der Waals surface area (Å²) in [6.45, 7) is 7.07. The molecule has 10 heteroatoms. The SMILES string of the molecule is Cc1ccc(OP(=O)(O)OCc2ccc(COP(=O)(O)Oc3ccc(C)cc3C)cc2)c(C)c1. The lowest BCUT2D eigenvalue weighted by atomic mass is 10.1.